The average Bonchev–Trinajstić information content (AvgIpc) is 2.42. The summed E-state index contributed by atoms with van der Waals surface area (Å²) in [6.07, 6.45) is 2.01. The largest absolute Gasteiger partial charge is 0.351 e. The Kier molecular flexibility index (Phi) is 5.97. The van der Waals surface area contributed by atoms with E-state index in [1.807, 2.05) is 24.3 Å². The van der Waals surface area contributed by atoms with Gasteiger partial charge in [-0.3, -0.25) is 4.79 Å². The highest BCUT2D eigenvalue weighted by Crippen LogP contribution is 2.26. The Hall–Kier alpha value is -1.35. The van der Waals surface area contributed by atoms with Crippen molar-refractivity contribution in [1.82, 2.24) is 5.32 Å². The van der Waals surface area contributed by atoms with Crippen LogP contribution < -0.4 is 11.1 Å². The minimum atomic E-state index is -0.0387. The molecule has 0 radical (unpaired) electrons. The molecule has 1 rings (SSSR count). The van der Waals surface area contributed by atoms with Gasteiger partial charge >= 0.3 is 0 Å². The maximum Gasteiger partial charge on any atom is 0.251 e. The lowest BCUT2D eigenvalue weighted by molar-refractivity contribution is 0.0932. The summed E-state index contributed by atoms with van der Waals surface area (Å²) in [6.45, 7) is 12.1. The summed E-state index contributed by atoms with van der Waals surface area (Å²) in [5.74, 6) is 0.0151. The van der Waals surface area contributed by atoms with Gasteiger partial charge in [0.25, 0.3) is 5.91 Å². The molecule has 0 heterocycles. The van der Waals surface area contributed by atoms with Crippen LogP contribution in [0.4, 0.5) is 0 Å². The van der Waals surface area contributed by atoms with Crippen molar-refractivity contribution in [1.29, 1.82) is 0 Å². The fourth-order valence-electron chi connectivity index (χ4n) is 2.42. The van der Waals surface area contributed by atoms with E-state index in [4.69, 9.17) is 5.73 Å². The van der Waals surface area contributed by atoms with Crippen LogP contribution in [-0.4, -0.2) is 19.0 Å². The Morgan fingerprint density at radius 1 is 1.14 bits per heavy atom. The first kappa shape index (κ1) is 17.7. The third-order valence-electron chi connectivity index (χ3n) is 3.76. The molecule has 0 saturated carbocycles. The SMILES string of the molecule is CC(C)(CCCN)CNC(=O)c1ccccc1C(C)(C)C. The summed E-state index contributed by atoms with van der Waals surface area (Å²) in [5, 5.41) is 3.08. The Labute approximate surface area is 129 Å². The topological polar surface area (TPSA) is 55.1 Å². The van der Waals surface area contributed by atoms with Crippen LogP contribution in [0.25, 0.3) is 0 Å². The molecule has 3 N–H and O–H groups in total. The summed E-state index contributed by atoms with van der Waals surface area (Å²) >= 11 is 0. The van der Waals surface area contributed by atoms with Crippen molar-refractivity contribution in [3.05, 3.63) is 35.4 Å². The van der Waals surface area contributed by atoms with E-state index < -0.39 is 0 Å². The van der Waals surface area contributed by atoms with Crippen LogP contribution >= 0.6 is 0 Å². The lowest BCUT2D eigenvalue weighted by atomic mass is 9.83. The maximum absolute atomic E-state index is 12.5. The van der Waals surface area contributed by atoms with Gasteiger partial charge in [-0.1, -0.05) is 52.8 Å². The van der Waals surface area contributed by atoms with E-state index in [-0.39, 0.29) is 16.7 Å². The van der Waals surface area contributed by atoms with Gasteiger partial charge in [0.05, 0.1) is 0 Å². The number of nitrogens with one attached hydrogen (secondary N) is 1. The molecule has 1 aromatic rings. The number of hydrogen-bond acceptors (Lipinski definition) is 2. The monoisotopic (exact) mass is 290 g/mol. The van der Waals surface area contributed by atoms with Crippen LogP contribution in [0, 0.1) is 5.41 Å². The van der Waals surface area contributed by atoms with Gasteiger partial charge in [0, 0.05) is 12.1 Å². The molecule has 3 nitrogen and oxygen atoms in total. The van der Waals surface area contributed by atoms with Gasteiger partial charge in [-0.05, 0) is 41.8 Å². The Bertz CT molecular complexity index is 472. The van der Waals surface area contributed by atoms with Gasteiger partial charge in [0.2, 0.25) is 0 Å². The zero-order chi connectivity index (χ0) is 16.1. The molecule has 3 heteroatoms. The summed E-state index contributed by atoms with van der Waals surface area (Å²) in [5.41, 5.74) is 7.46. The van der Waals surface area contributed by atoms with Crippen LogP contribution in [0.3, 0.4) is 0 Å². The Balaban J connectivity index is 2.77. The maximum atomic E-state index is 12.5. The Morgan fingerprint density at radius 3 is 2.33 bits per heavy atom. The van der Waals surface area contributed by atoms with Crippen molar-refractivity contribution in [2.75, 3.05) is 13.1 Å². The number of carbonyl (C=O) groups excluding carboxylic acids is 1. The third-order valence-corrected chi connectivity index (χ3v) is 3.76. The molecule has 0 aliphatic heterocycles. The Morgan fingerprint density at radius 2 is 1.76 bits per heavy atom. The van der Waals surface area contributed by atoms with E-state index in [2.05, 4.69) is 39.9 Å². The van der Waals surface area contributed by atoms with Crippen molar-refractivity contribution >= 4 is 5.91 Å². The number of amides is 1. The molecule has 21 heavy (non-hydrogen) atoms. The van der Waals surface area contributed by atoms with Gasteiger partial charge in [-0.2, -0.15) is 0 Å². The minimum Gasteiger partial charge on any atom is -0.351 e. The molecule has 118 valence electrons. The molecular weight excluding hydrogens is 260 g/mol. The molecule has 0 unspecified atom stereocenters. The number of benzene rings is 1. The lowest BCUT2D eigenvalue weighted by Gasteiger charge is -2.26. The van der Waals surface area contributed by atoms with Crippen LogP contribution in [0.1, 0.15) is 63.4 Å². The number of nitrogens with two attached hydrogens (primary N) is 1. The van der Waals surface area contributed by atoms with E-state index in [1.165, 1.54) is 0 Å². The number of rotatable bonds is 6. The van der Waals surface area contributed by atoms with E-state index in [1.54, 1.807) is 0 Å². The number of hydrogen-bond donors (Lipinski definition) is 2. The average molecular weight is 290 g/mol. The normalized spacial score (nSPS) is 12.3. The molecule has 1 amide bonds. The highest BCUT2D eigenvalue weighted by Gasteiger charge is 2.23. The van der Waals surface area contributed by atoms with Crippen molar-refractivity contribution in [2.24, 2.45) is 11.1 Å². The smallest absolute Gasteiger partial charge is 0.251 e. The molecule has 0 fully saturated rings. The summed E-state index contributed by atoms with van der Waals surface area (Å²) in [7, 11) is 0. The molecule has 0 spiro atoms. The van der Waals surface area contributed by atoms with Crippen LogP contribution in [-0.2, 0) is 5.41 Å². The second-order valence-electron chi connectivity index (χ2n) is 7.53. The summed E-state index contributed by atoms with van der Waals surface area (Å²) in [6, 6.07) is 7.85. The zero-order valence-electron chi connectivity index (χ0n) is 14.1. The standard InChI is InChI=1S/C18H30N2O/c1-17(2,3)15-10-7-6-9-14(15)16(21)20-13-18(4,5)11-8-12-19/h6-7,9-10H,8,11-13,19H2,1-5H3,(H,20,21). The molecule has 0 saturated heterocycles. The van der Waals surface area contributed by atoms with E-state index >= 15 is 0 Å². The van der Waals surface area contributed by atoms with Crippen molar-refractivity contribution in [3.8, 4) is 0 Å². The molecular formula is C18H30N2O. The first-order chi connectivity index (χ1) is 9.67. The fourth-order valence-corrected chi connectivity index (χ4v) is 2.42. The van der Waals surface area contributed by atoms with Gasteiger partial charge < -0.3 is 11.1 Å². The lowest BCUT2D eigenvalue weighted by Crippen LogP contribution is -2.35. The second-order valence-corrected chi connectivity index (χ2v) is 7.53. The quantitative estimate of drug-likeness (QED) is 0.842. The van der Waals surface area contributed by atoms with Crippen molar-refractivity contribution in [3.63, 3.8) is 0 Å². The zero-order valence-corrected chi connectivity index (χ0v) is 14.1. The molecule has 0 aromatic heterocycles. The predicted molar refractivity (Wildman–Crippen MR) is 89.5 cm³/mol. The fraction of sp³-hybridized carbons (Fsp3) is 0.611. The molecule has 0 atom stereocenters. The van der Waals surface area contributed by atoms with Crippen molar-refractivity contribution < 1.29 is 4.79 Å². The van der Waals surface area contributed by atoms with Gasteiger partial charge in [-0.15, -0.1) is 0 Å². The second kappa shape index (κ2) is 7.08. The first-order valence-corrected chi connectivity index (χ1v) is 7.75. The number of carbonyl (C=O) groups is 1. The van der Waals surface area contributed by atoms with E-state index in [0.29, 0.717) is 13.1 Å². The van der Waals surface area contributed by atoms with Crippen LogP contribution in [0.5, 0.6) is 0 Å². The van der Waals surface area contributed by atoms with Crippen molar-refractivity contribution in [2.45, 2.75) is 52.9 Å². The highest BCUT2D eigenvalue weighted by atomic mass is 16.1. The van der Waals surface area contributed by atoms with Crippen LogP contribution in [0.2, 0.25) is 0 Å². The third kappa shape index (κ3) is 5.50. The van der Waals surface area contributed by atoms with Gasteiger partial charge in [0.15, 0.2) is 0 Å². The predicted octanol–water partition coefficient (Wildman–Crippen LogP) is 3.48. The highest BCUT2D eigenvalue weighted by molar-refractivity contribution is 5.96. The molecule has 0 aliphatic rings. The van der Waals surface area contributed by atoms with E-state index in [0.717, 1.165) is 24.0 Å². The minimum absolute atomic E-state index is 0.0151. The molecule has 0 aliphatic carbocycles. The van der Waals surface area contributed by atoms with Crippen LogP contribution in [0.15, 0.2) is 24.3 Å². The van der Waals surface area contributed by atoms with Gasteiger partial charge in [-0.25, -0.2) is 0 Å². The molecule has 1 aromatic carbocycles. The molecule has 0 bridgehead atoms. The summed E-state index contributed by atoms with van der Waals surface area (Å²) in [4.78, 5) is 12.5. The van der Waals surface area contributed by atoms with E-state index in [9.17, 15) is 4.79 Å². The van der Waals surface area contributed by atoms with Gasteiger partial charge in [0.1, 0.15) is 0 Å². The summed E-state index contributed by atoms with van der Waals surface area (Å²) < 4.78 is 0. The first-order valence-electron chi connectivity index (χ1n) is 7.75.